The molecule has 0 amide bonds. The van der Waals surface area contributed by atoms with Crippen LogP contribution in [-0.4, -0.2) is 71.5 Å². The molecule has 0 saturated heterocycles. The van der Waals surface area contributed by atoms with E-state index in [-0.39, 0.29) is 19.3 Å². The zero-order valence-electron chi connectivity index (χ0n) is 17.7. The highest BCUT2D eigenvalue weighted by molar-refractivity contribution is 5.87. The van der Waals surface area contributed by atoms with Gasteiger partial charge in [-0.05, 0) is 44.0 Å². The molecule has 0 aliphatic rings. The maximum atomic E-state index is 10.2. The van der Waals surface area contributed by atoms with Crippen LogP contribution >= 0.6 is 0 Å². The first-order valence-corrected chi connectivity index (χ1v) is 9.90. The van der Waals surface area contributed by atoms with Gasteiger partial charge in [0.05, 0.1) is 23.8 Å². The minimum atomic E-state index is -0.879. The monoisotopic (exact) mass is 436 g/mol. The Morgan fingerprint density at radius 3 is 1.55 bits per heavy atom. The molecule has 1 unspecified atom stereocenters. The summed E-state index contributed by atoms with van der Waals surface area (Å²) < 4.78 is 10.5. The first-order chi connectivity index (χ1) is 14.9. The van der Waals surface area contributed by atoms with Crippen LogP contribution in [0.3, 0.4) is 0 Å². The summed E-state index contributed by atoms with van der Waals surface area (Å²) in [6.45, 7) is 3.95. The molecule has 0 aliphatic heterocycles. The normalized spacial score (nSPS) is 10.7. The quantitative estimate of drug-likeness (QED) is 0.395. The summed E-state index contributed by atoms with van der Waals surface area (Å²) in [5, 5.41) is 33.7. The fourth-order valence-electron chi connectivity index (χ4n) is 1.97. The average molecular weight is 437 g/mol. The van der Waals surface area contributed by atoms with E-state index in [1.54, 1.807) is 60.7 Å². The summed E-state index contributed by atoms with van der Waals surface area (Å²) in [5.74, 6) is -1.76. The van der Waals surface area contributed by atoms with E-state index in [2.05, 4.69) is 0 Å². The molecular formula is C23H32O8. The molecular weight excluding hydrogens is 404 g/mol. The number of benzene rings is 2. The van der Waals surface area contributed by atoms with Gasteiger partial charge in [-0.2, -0.15) is 0 Å². The molecule has 1 atom stereocenters. The summed E-state index contributed by atoms with van der Waals surface area (Å²) in [6.07, 6.45) is 1.40. The highest BCUT2D eigenvalue weighted by Gasteiger charge is 2.01. The van der Waals surface area contributed by atoms with E-state index in [1.807, 2.05) is 6.92 Å². The molecule has 2 rings (SSSR count). The first-order valence-electron chi connectivity index (χ1n) is 9.90. The maximum absolute atomic E-state index is 10.2. The minimum Gasteiger partial charge on any atom is -0.478 e. The molecule has 0 bridgehead atoms. The van der Waals surface area contributed by atoms with E-state index >= 15 is 0 Å². The first kappa shape index (κ1) is 28.2. The van der Waals surface area contributed by atoms with Crippen molar-refractivity contribution in [2.24, 2.45) is 0 Å². The van der Waals surface area contributed by atoms with E-state index in [0.29, 0.717) is 43.8 Å². The lowest BCUT2D eigenvalue weighted by molar-refractivity contribution is -0.0129. The Morgan fingerprint density at radius 2 is 1.19 bits per heavy atom. The number of hydrogen-bond acceptors (Lipinski definition) is 6. The minimum absolute atomic E-state index is 0.0604. The fourth-order valence-corrected chi connectivity index (χ4v) is 1.97. The number of carboxylic acid groups (broad SMARTS) is 2. The van der Waals surface area contributed by atoms with Crippen LogP contribution in [0, 0.1) is 0 Å². The molecule has 8 heteroatoms. The topological polar surface area (TPSA) is 134 Å². The Labute approximate surface area is 182 Å². The molecule has 2 aromatic rings. The highest BCUT2D eigenvalue weighted by Crippen LogP contribution is 1.97. The van der Waals surface area contributed by atoms with Crippen molar-refractivity contribution in [1.82, 2.24) is 0 Å². The van der Waals surface area contributed by atoms with Crippen molar-refractivity contribution in [3.05, 3.63) is 71.8 Å². The smallest absolute Gasteiger partial charge is 0.335 e. The molecule has 0 aromatic heterocycles. The maximum Gasteiger partial charge on any atom is 0.335 e. The molecule has 31 heavy (non-hydrogen) atoms. The zero-order valence-corrected chi connectivity index (χ0v) is 17.7. The number of aliphatic hydroxyl groups is 2. The molecule has 2 aromatic carbocycles. The number of aromatic carboxylic acids is 2. The Balaban J connectivity index is 0.000000445. The van der Waals surface area contributed by atoms with Crippen LogP contribution in [0.2, 0.25) is 0 Å². The van der Waals surface area contributed by atoms with Crippen LogP contribution in [0.1, 0.15) is 40.5 Å². The van der Waals surface area contributed by atoms with Crippen molar-refractivity contribution < 1.29 is 39.5 Å². The molecule has 0 aliphatic carbocycles. The molecule has 4 N–H and O–H groups in total. The van der Waals surface area contributed by atoms with Gasteiger partial charge in [0.15, 0.2) is 0 Å². The summed E-state index contributed by atoms with van der Waals surface area (Å²) in [7, 11) is 0. The van der Waals surface area contributed by atoms with E-state index in [4.69, 9.17) is 29.9 Å². The van der Waals surface area contributed by atoms with E-state index < -0.39 is 11.9 Å². The van der Waals surface area contributed by atoms with E-state index in [9.17, 15) is 9.59 Å². The average Bonchev–Trinajstić information content (AvgIpc) is 2.79. The summed E-state index contributed by atoms with van der Waals surface area (Å²) in [6, 6.07) is 16.6. The molecule has 8 nitrogen and oxygen atoms in total. The van der Waals surface area contributed by atoms with Crippen molar-refractivity contribution >= 4 is 11.9 Å². The van der Waals surface area contributed by atoms with Crippen LogP contribution in [0.4, 0.5) is 0 Å². The van der Waals surface area contributed by atoms with E-state index in [0.717, 1.165) is 0 Å². The van der Waals surface area contributed by atoms with Crippen molar-refractivity contribution in [3.63, 3.8) is 0 Å². The fraction of sp³-hybridized carbons (Fsp3) is 0.391. The molecule has 0 spiro atoms. The second-order valence-corrected chi connectivity index (χ2v) is 6.25. The van der Waals surface area contributed by atoms with Gasteiger partial charge in [0, 0.05) is 26.4 Å². The number of hydrogen-bond donors (Lipinski definition) is 4. The van der Waals surface area contributed by atoms with Crippen molar-refractivity contribution in [2.75, 3.05) is 33.0 Å². The number of rotatable bonds is 11. The molecule has 0 heterocycles. The van der Waals surface area contributed by atoms with Crippen LogP contribution in [0.15, 0.2) is 60.7 Å². The van der Waals surface area contributed by atoms with Gasteiger partial charge in [-0.15, -0.1) is 0 Å². The number of carbonyl (C=O) groups is 2. The second kappa shape index (κ2) is 19.2. The van der Waals surface area contributed by atoms with Gasteiger partial charge in [-0.1, -0.05) is 36.4 Å². The van der Waals surface area contributed by atoms with Crippen molar-refractivity contribution in [1.29, 1.82) is 0 Å². The van der Waals surface area contributed by atoms with Crippen LogP contribution < -0.4 is 0 Å². The standard InChI is InChI=1S/C9H20O4.2C7H6O2/c1-9(13-7-3-5-11)8-12-6-2-4-10;2*8-7(9)6-4-2-1-3-5-6/h9-11H,2-8H2,1H3;2*1-5H,(H,8,9). The molecule has 0 fully saturated rings. The van der Waals surface area contributed by atoms with E-state index in [1.165, 1.54) is 0 Å². The number of carboxylic acids is 2. The lowest BCUT2D eigenvalue weighted by atomic mass is 10.2. The molecule has 0 radical (unpaired) electrons. The largest absolute Gasteiger partial charge is 0.478 e. The second-order valence-electron chi connectivity index (χ2n) is 6.25. The van der Waals surface area contributed by atoms with Gasteiger partial charge in [0.25, 0.3) is 0 Å². The predicted molar refractivity (Wildman–Crippen MR) is 116 cm³/mol. The van der Waals surface area contributed by atoms with Gasteiger partial charge in [0.1, 0.15) is 0 Å². The third kappa shape index (κ3) is 16.7. The van der Waals surface area contributed by atoms with Gasteiger partial charge >= 0.3 is 11.9 Å². The third-order valence-electron chi connectivity index (χ3n) is 3.55. The Bertz CT molecular complexity index is 642. The summed E-state index contributed by atoms with van der Waals surface area (Å²) in [4.78, 5) is 20.4. The molecule has 0 saturated carbocycles. The van der Waals surface area contributed by atoms with Crippen LogP contribution in [-0.2, 0) is 9.47 Å². The number of aliphatic hydroxyl groups excluding tert-OH is 2. The highest BCUT2D eigenvalue weighted by atomic mass is 16.5. The Hall–Kier alpha value is -2.78. The zero-order chi connectivity index (χ0) is 23.3. The SMILES string of the molecule is CC(COCCCO)OCCCO.O=C(O)c1ccccc1.O=C(O)c1ccccc1. The van der Waals surface area contributed by atoms with Crippen molar-refractivity contribution in [3.8, 4) is 0 Å². The van der Waals surface area contributed by atoms with Gasteiger partial charge in [0.2, 0.25) is 0 Å². The number of ether oxygens (including phenoxy) is 2. The van der Waals surface area contributed by atoms with Gasteiger partial charge in [-0.3, -0.25) is 0 Å². The van der Waals surface area contributed by atoms with Gasteiger partial charge in [-0.25, -0.2) is 9.59 Å². The van der Waals surface area contributed by atoms with Crippen LogP contribution in [0.5, 0.6) is 0 Å². The molecule has 172 valence electrons. The third-order valence-corrected chi connectivity index (χ3v) is 3.55. The van der Waals surface area contributed by atoms with Crippen LogP contribution in [0.25, 0.3) is 0 Å². The Morgan fingerprint density at radius 1 is 0.774 bits per heavy atom. The van der Waals surface area contributed by atoms with Gasteiger partial charge < -0.3 is 29.9 Å². The summed E-state index contributed by atoms with van der Waals surface area (Å²) >= 11 is 0. The summed E-state index contributed by atoms with van der Waals surface area (Å²) in [5.41, 5.74) is 0.662. The predicted octanol–water partition coefficient (Wildman–Crippen LogP) is 2.94. The lowest BCUT2D eigenvalue weighted by Crippen LogP contribution is -2.17. The van der Waals surface area contributed by atoms with Crippen molar-refractivity contribution in [2.45, 2.75) is 25.9 Å². The lowest BCUT2D eigenvalue weighted by Gasteiger charge is -2.12. The Kier molecular flexibility index (Phi) is 17.5.